The zero-order chi connectivity index (χ0) is 14.5. The number of carbonyl (C=O) groups is 2. The van der Waals surface area contributed by atoms with E-state index in [-0.39, 0.29) is 5.92 Å². The number of ether oxygens (including phenoxy) is 1. The Hall–Kier alpha value is -1.24. The summed E-state index contributed by atoms with van der Waals surface area (Å²) in [5, 5.41) is 11.5. The van der Waals surface area contributed by atoms with Crippen LogP contribution < -0.4 is 5.32 Å². The van der Waals surface area contributed by atoms with Crippen LogP contribution in [0.3, 0.4) is 0 Å². The fourth-order valence-electron chi connectivity index (χ4n) is 1.90. The van der Waals surface area contributed by atoms with Gasteiger partial charge in [-0.25, -0.2) is 9.59 Å². The molecule has 1 atom stereocenters. The predicted molar refractivity (Wildman–Crippen MR) is 75.2 cm³/mol. The first-order valence-corrected chi connectivity index (χ1v) is 10.4. The number of rotatable bonds is 5. The topological polar surface area (TPSA) is 78.9 Å². The lowest BCUT2D eigenvalue weighted by molar-refractivity contribution is 0.148. The fraction of sp³-hybridized carbons (Fsp3) is 0.833. The summed E-state index contributed by atoms with van der Waals surface area (Å²) < 4.78 is 5.11. The van der Waals surface area contributed by atoms with Crippen molar-refractivity contribution in [1.29, 1.82) is 0 Å². The number of amides is 2. The van der Waals surface area contributed by atoms with Crippen LogP contribution in [-0.4, -0.2) is 56.5 Å². The van der Waals surface area contributed by atoms with Crippen LogP contribution in [0.1, 0.15) is 6.42 Å². The van der Waals surface area contributed by atoms with Gasteiger partial charge in [-0.3, -0.25) is 0 Å². The molecule has 0 aromatic carbocycles. The molecule has 1 rings (SSSR count). The van der Waals surface area contributed by atoms with E-state index < -0.39 is 20.3 Å². The molecule has 0 aliphatic carbocycles. The van der Waals surface area contributed by atoms with Gasteiger partial charge in [0, 0.05) is 27.7 Å². The van der Waals surface area contributed by atoms with E-state index in [4.69, 9.17) is 9.84 Å². The molecular weight excluding hydrogens is 264 g/mol. The number of nitrogens with zero attached hydrogens (tertiary/aromatic N) is 1. The summed E-state index contributed by atoms with van der Waals surface area (Å²) >= 11 is 0. The van der Waals surface area contributed by atoms with Gasteiger partial charge in [0.25, 0.3) is 0 Å². The smallest absolute Gasteiger partial charge is 0.407 e. The van der Waals surface area contributed by atoms with Crippen LogP contribution in [0.25, 0.3) is 0 Å². The molecule has 19 heavy (non-hydrogen) atoms. The summed E-state index contributed by atoms with van der Waals surface area (Å²) in [6.07, 6.45) is -0.492. The van der Waals surface area contributed by atoms with Gasteiger partial charge in [0.1, 0.15) is 0 Å². The number of hydrogen-bond acceptors (Lipinski definition) is 3. The lowest BCUT2D eigenvalue weighted by Gasteiger charge is -2.16. The quantitative estimate of drug-likeness (QED) is 0.759. The van der Waals surface area contributed by atoms with Crippen molar-refractivity contribution < 1.29 is 19.4 Å². The van der Waals surface area contributed by atoms with Crippen molar-refractivity contribution in [2.75, 3.05) is 26.2 Å². The van der Waals surface area contributed by atoms with Crippen molar-refractivity contribution in [3.8, 4) is 0 Å². The zero-order valence-electron chi connectivity index (χ0n) is 11.9. The first-order valence-electron chi connectivity index (χ1n) is 6.66. The molecule has 110 valence electrons. The summed E-state index contributed by atoms with van der Waals surface area (Å²) in [5.41, 5.74) is 0. The van der Waals surface area contributed by atoms with Gasteiger partial charge >= 0.3 is 12.2 Å². The second-order valence-electron chi connectivity index (χ2n) is 6.21. The molecule has 2 N–H and O–H groups in total. The third-order valence-corrected chi connectivity index (χ3v) is 4.88. The maximum Gasteiger partial charge on any atom is 0.407 e. The van der Waals surface area contributed by atoms with E-state index in [0.717, 1.165) is 12.5 Å². The highest BCUT2D eigenvalue weighted by molar-refractivity contribution is 6.76. The molecule has 1 aliphatic rings. The number of nitrogens with one attached hydrogen (secondary N) is 1. The minimum atomic E-state index is -1.17. The summed E-state index contributed by atoms with van der Waals surface area (Å²) in [6.45, 7) is 8.67. The van der Waals surface area contributed by atoms with E-state index in [1.54, 1.807) is 0 Å². The van der Waals surface area contributed by atoms with E-state index in [1.165, 1.54) is 4.90 Å². The van der Waals surface area contributed by atoms with E-state index >= 15 is 0 Å². The molecule has 6 nitrogen and oxygen atoms in total. The molecule has 0 aromatic heterocycles. The summed E-state index contributed by atoms with van der Waals surface area (Å²) in [6, 6.07) is 0.955. The fourth-order valence-corrected chi connectivity index (χ4v) is 2.62. The van der Waals surface area contributed by atoms with Crippen LogP contribution in [0.4, 0.5) is 9.59 Å². The Labute approximate surface area is 115 Å². The first kappa shape index (κ1) is 15.8. The van der Waals surface area contributed by atoms with Gasteiger partial charge in [0.05, 0.1) is 6.61 Å². The maximum atomic E-state index is 11.5. The predicted octanol–water partition coefficient (Wildman–Crippen LogP) is 2.05. The Morgan fingerprint density at radius 2 is 2.11 bits per heavy atom. The Balaban J connectivity index is 2.12. The van der Waals surface area contributed by atoms with Crippen LogP contribution in [0, 0.1) is 5.92 Å². The maximum absolute atomic E-state index is 11.5. The highest BCUT2D eigenvalue weighted by Gasteiger charge is 2.26. The van der Waals surface area contributed by atoms with Crippen molar-refractivity contribution in [3.63, 3.8) is 0 Å². The molecule has 0 saturated carbocycles. The molecular formula is C12H24N2O4Si. The van der Waals surface area contributed by atoms with Crippen LogP contribution in [0.5, 0.6) is 0 Å². The normalized spacial score (nSPS) is 19.3. The van der Waals surface area contributed by atoms with Crippen molar-refractivity contribution in [1.82, 2.24) is 10.2 Å². The molecule has 7 heteroatoms. The monoisotopic (exact) mass is 288 g/mol. The van der Waals surface area contributed by atoms with Crippen molar-refractivity contribution in [2.24, 2.45) is 5.92 Å². The van der Waals surface area contributed by atoms with Gasteiger partial charge in [0.15, 0.2) is 0 Å². The second-order valence-corrected chi connectivity index (χ2v) is 11.8. The van der Waals surface area contributed by atoms with Crippen molar-refractivity contribution >= 4 is 20.3 Å². The van der Waals surface area contributed by atoms with Crippen LogP contribution >= 0.6 is 0 Å². The largest absolute Gasteiger partial charge is 0.465 e. The Kier molecular flexibility index (Phi) is 5.65. The molecule has 1 fully saturated rings. The van der Waals surface area contributed by atoms with Gasteiger partial charge in [-0.1, -0.05) is 19.6 Å². The molecule has 2 amide bonds. The van der Waals surface area contributed by atoms with Crippen LogP contribution in [-0.2, 0) is 4.74 Å². The molecule has 0 radical (unpaired) electrons. The Morgan fingerprint density at radius 1 is 1.42 bits per heavy atom. The molecule has 0 aromatic rings. The Morgan fingerprint density at radius 3 is 2.63 bits per heavy atom. The second kappa shape index (κ2) is 6.79. The zero-order valence-corrected chi connectivity index (χ0v) is 12.9. The van der Waals surface area contributed by atoms with Crippen molar-refractivity contribution in [2.45, 2.75) is 32.1 Å². The number of carboxylic acid groups (broad SMARTS) is 1. The average Bonchev–Trinajstić information content (AvgIpc) is 2.73. The lowest BCUT2D eigenvalue weighted by atomic mass is 10.1. The first-order chi connectivity index (χ1) is 8.78. The molecule has 1 unspecified atom stereocenters. The number of likely N-dealkylation sites (tertiary alicyclic amines) is 1. The molecule has 1 aliphatic heterocycles. The van der Waals surface area contributed by atoms with E-state index in [9.17, 15) is 9.59 Å². The summed E-state index contributed by atoms with van der Waals surface area (Å²) in [7, 11) is -1.17. The van der Waals surface area contributed by atoms with Gasteiger partial charge in [-0.05, 0) is 18.4 Å². The third-order valence-electron chi connectivity index (χ3n) is 3.18. The van der Waals surface area contributed by atoms with Crippen molar-refractivity contribution in [3.05, 3.63) is 0 Å². The third kappa shape index (κ3) is 6.47. The summed E-state index contributed by atoms with van der Waals surface area (Å²) in [5.74, 6) is 0.195. The molecule has 1 heterocycles. The van der Waals surface area contributed by atoms with Gasteiger partial charge < -0.3 is 20.1 Å². The minimum Gasteiger partial charge on any atom is -0.465 e. The van der Waals surface area contributed by atoms with E-state index in [1.807, 2.05) is 0 Å². The molecule has 0 bridgehead atoms. The minimum absolute atomic E-state index is 0.195. The van der Waals surface area contributed by atoms with Gasteiger partial charge in [-0.15, -0.1) is 0 Å². The van der Waals surface area contributed by atoms with Crippen LogP contribution in [0.2, 0.25) is 25.7 Å². The van der Waals surface area contributed by atoms with E-state index in [0.29, 0.717) is 26.2 Å². The molecule has 1 saturated heterocycles. The Bertz CT molecular complexity index is 330. The van der Waals surface area contributed by atoms with E-state index in [2.05, 4.69) is 25.0 Å². The number of alkyl carbamates (subject to hydrolysis) is 1. The average molecular weight is 288 g/mol. The van der Waals surface area contributed by atoms with Crippen LogP contribution in [0.15, 0.2) is 0 Å². The highest BCUT2D eigenvalue weighted by atomic mass is 28.3. The highest BCUT2D eigenvalue weighted by Crippen LogP contribution is 2.15. The number of hydrogen-bond donors (Lipinski definition) is 2. The summed E-state index contributed by atoms with van der Waals surface area (Å²) in [4.78, 5) is 23.6. The van der Waals surface area contributed by atoms with Gasteiger partial charge in [0.2, 0.25) is 0 Å². The number of carbonyl (C=O) groups excluding carboxylic acids is 1. The lowest BCUT2D eigenvalue weighted by Crippen LogP contribution is -2.33. The standard InChI is InChI=1S/C12H24N2O4Si/c1-19(2,3)7-6-18-11(15)13-8-10-4-5-14(9-10)12(16)17/h10H,4-9H2,1-3H3,(H,13,15)(H,16,17). The molecule has 0 spiro atoms. The SMILES string of the molecule is C[Si](C)(C)CCOC(=O)NCC1CCN(C(=O)O)C1. The van der Waals surface area contributed by atoms with Gasteiger partial charge in [-0.2, -0.15) is 0 Å².